The van der Waals surface area contributed by atoms with E-state index in [0.29, 0.717) is 34.6 Å². The van der Waals surface area contributed by atoms with Gasteiger partial charge in [-0.05, 0) is 59.5 Å². The minimum Gasteiger partial charge on any atom is -0.497 e. The number of methoxy groups -OCH3 is 1. The van der Waals surface area contributed by atoms with E-state index in [1.54, 1.807) is 26.2 Å². The highest BCUT2D eigenvalue weighted by Crippen LogP contribution is 2.51. The maximum atomic E-state index is 13.7. The lowest BCUT2D eigenvalue weighted by atomic mass is 9.76. The van der Waals surface area contributed by atoms with Gasteiger partial charge in [-0.2, -0.15) is 0 Å². The van der Waals surface area contributed by atoms with Gasteiger partial charge in [-0.25, -0.2) is 4.79 Å². The largest absolute Gasteiger partial charge is 0.497 e. The van der Waals surface area contributed by atoms with Crippen LogP contribution in [0.2, 0.25) is 0 Å². The maximum Gasteiger partial charge on any atom is 0.352 e. The van der Waals surface area contributed by atoms with Crippen LogP contribution in [0.3, 0.4) is 0 Å². The van der Waals surface area contributed by atoms with E-state index in [0.717, 1.165) is 77.2 Å². The molecule has 3 N–H and O–H groups in total. The third-order valence-electron chi connectivity index (χ3n) is 12.1. The van der Waals surface area contributed by atoms with Gasteiger partial charge in [0, 0.05) is 34.4 Å². The van der Waals surface area contributed by atoms with Crippen molar-refractivity contribution >= 4 is 34.8 Å². The number of piperazine rings is 3. The number of nitrogens with one attached hydrogen (secondary N) is 1. The molecule has 1 aliphatic carbocycles. The molecule has 0 saturated carbocycles. The Bertz CT molecular complexity index is 1990. The van der Waals surface area contributed by atoms with Gasteiger partial charge in [0.15, 0.2) is 12.3 Å². The predicted octanol–water partition coefficient (Wildman–Crippen LogP) is 3.36. The molecule has 4 saturated heterocycles. The van der Waals surface area contributed by atoms with E-state index in [9.17, 15) is 29.4 Å². The predicted molar refractivity (Wildman–Crippen MR) is 185 cm³/mol. The average molecular weight is 679 g/mol. The number of aliphatic hydroxyl groups excluding tert-OH is 1. The number of anilines is 1. The van der Waals surface area contributed by atoms with Gasteiger partial charge in [0.2, 0.25) is 5.91 Å². The van der Waals surface area contributed by atoms with E-state index in [1.165, 1.54) is 4.90 Å². The number of hydrogen-bond donors (Lipinski definition) is 3. The minimum atomic E-state index is -1.18. The van der Waals surface area contributed by atoms with Gasteiger partial charge in [0.1, 0.15) is 57.3 Å². The Balaban J connectivity index is 0.984. The van der Waals surface area contributed by atoms with Crippen molar-refractivity contribution in [3.05, 3.63) is 88.6 Å². The number of β-lactam (4-membered cyclic amide) rings is 1. The van der Waals surface area contributed by atoms with Crippen LogP contribution in [0, 0.1) is 11.8 Å². The van der Waals surface area contributed by atoms with E-state index < -0.39 is 24.0 Å². The van der Waals surface area contributed by atoms with Crippen molar-refractivity contribution in [1.29, 1.82) is 0 Å². The van der Waals surface area contributed by atoms with Gasteiger partial charge in [-0.1, -0.05) is 31.2 Å². The summed E-state index contributed by atoms with van der Waals surface area (Å²) >= 11 is 0. The molecule has 0 radical (unpaired) electrons. The molecule has 3 aromatic carbocycles. The first-order valence-electron chi connectivity index (χ1n) is 17.4. The number of quaternary nitrogens is 2. The molecule has 0 unspecified atom stereocenters. The summed E-state index contributed by atoms with van der Waals surface area (Å²) in [7, 11) is 1.61. The van der Waals surface area contributed by atoms with Crippen LogP contribution in [-0.2, 0) is 20.9 Å². The Morgan fingerprint density at radius 3 is 2.30 bits per heavy atom. The molecule has 6 aliphatic rings. The zero-order valence-corrected chi connectivity index (χ0v) is 28.5. The van der Waals surface area contributed by atoms with E-state index in [2.05, 4.69) is 11.4 Å². The summed E-state index contributed by atoms with van der Waals surface area (Å²) in [4.78, 5) is 53.4. The summed E-state index contributed by atoms with van der Waals surface area (Å²) in [6, 6.07) is 18.6. The smallest absolute Gasteiger partial charge is 0.352 e. The van der Waals surface area contributed by atoms with E-state index in [-0.39, 0.29) is 29.2 Å². The Hall–Kier alpha value is -4.84. The summed E-state index contributed by atoms with van der Waals surface area (Å²) in [5.74, 6) is -1.80. The zero-order valence-electron chi connectivity index (χ0n) is 28.5. The highest BCUT2D eigenvalue weighted by atomic mass is 16.5. The number of amides is 2. The second-order valence-electron chi connectivity index (χ2n) is 14.9. The van der Waals surface area contributed by atoms with Gasteiger partial charge in [0.25, 0.3) is 5.91 Å². The molecular weight excluding hydrogens is 636 g/mol. The van der Waals surface area contributed by atoms with Gasteiger partial charge in [0.05, 0.1) is 25.2 Å². The molecular formula is C39H42N4O7+2. The molecule has 4 atom stereocenters. The van der Waals surface area contributed by atoms with Crippen molar-refractivity contribution in [2.45, 2.75) is 32.5 Å². The topological polar surface area (TPSA) is 133 Å². The number of ketones is 1. The van der Waals surface area contributed by atoms with Crippen LogP contribution in [-0.4, -0.2) is 113 Å². The molecule has 0 spiro atoms. The molecule has 9 rings (SSSR count). The lowest BCUT2D eigenvalue weighted by Gasteiger charge is -2.55. The number of nitrogens with zero attached hydrogens (tertiary/aromatic N) is 3. The second-order valence-corrected chi connectivity index (χ2v) is 14.9. The standard InChI is InChI=1S/C39H40N4O7/c1-22-33(36(39(48)49)41-35(22)34(23(2)44)38(41)47)25-8-10-29-30(18-25)28-9-7-24(17-31(28)37(29)46)20-42-11-14-43(15-12-42,16-13-42)21-32(45)40-26-5-4-6-27(19-26)50-3/h4-10,17-19,22-23,34-35,44H,11-16,20-21H2,1-3H3/p+2/t22-,23+,34+,35+,42?,43?/m0/s1. The van der Waals surface area contributed by atoms with Crippen LogP contribution >= 0.6 is 0 Å². The molecule has 0 aromatic heterocycles. The van der Waals surface area contributed by atoms with Crippen LogP contribution in [0.4, 0.5) is 5.69 Å². The minimum absolute atomic E-state index is 0.0141. The highest BCUT2D eigenvalue weighted by Gasteiger charge is 2.60. The summed E-state index contributed by atoms with van der Waals surface area (Å²) in [6.07, 6.45) is -0.877. The fourth-order valence-corrected chi connectivity index (χ4v) is 9.35. The van der Waals surface area contributed by atoms with Crippen molar-refractivity contribution < 1.29 is 43.1 Å². The van der Waals surface area contributed by atoms with Crippen LogP contribution < -0.4 is 10.1 Å². The lowest BCUT2D eigenvalue weighted by Crippen LogP contribution is -2.75. The summed E-state index contributed by atoms with van der Waals surface area (Å²) in [5, 5.41) is 23.4. The average Bonchev–Trinajstić information content (AvgIpc) is 3.52. The van der Waals surface area contributed by atoms with Crippen molar-refractivity contribution in [1.82, 2.24) is 4.90 Å². The molecule has 4 fully saturated rings. The third kappa shape index (κ3) is 4.98. The first kappa shape index (κ1) is 32.4. The summed E-state index contributed by atoms with van der Waals surface area (Å²) in [6.45, 7) is 10.4. The van der Waals surface area contributed by atoms with Crippen LogP contribution in [0.15, 0.2) is 66.4 Å². The Labute approximate surface area is 290 Å². The normalized spacial score (nSPS) is 28.2. The molecule has 11 heteroatoms. The number of aliphatic carboxylic acids is 1. The van der Waals surface area contributed by atoms with Crippen molar-refractivity contribution in [2.24, 2.45) is 11.8 Å². The summed E-state index contributed by atoms with van der Waals surface area (Å²) in [5.41, 5.74) is 5.86. The van der Waals surface area contributed by atoms with E-state index >= 15 is 0 Å². The quantitative estimate of drug-likeness (QED) is 0.183. The maximum absolute atomic E-state index is 13.7. The zero-order chi connectivity index (χ0) is 35.1. The Kier molecular flexibility index (Phi) is 7.52. The van der Waals surface area contributed by atoms with Crippen molar-refractivity contribution in [3.8, 4) is 16.9 Å². The molecule has 2 amide bonds. The van der Waals surface area contributed by atoms with Crippen LogP contribution in [0.1, 0.15) is 40.9 Å². The lowest BCUT2D eigenvalue weighted by molar-refractivity contribution is -1.08. The SMILES string of the molecule is COc1cccc(NC(=O)C[N+]23CC[N+](Cc4ccc5c(c4)C(=O)c4ccc(C6=C(C(=O)O)N7C(=O)[C@H]([C@@H](C)O)[C@H]7[C@H]6C)cc4-5)(CC2)CC3)c1. The second kappa shape index (κ2) is 11.6. The Morgan fingerprint density at radius 1 is 0.920 bits per heavy atom. The van der Waals surface area contributed by atoms with Crippen LogP contribution in [0.25, 0.3) is 16.7 Å². The Morgan fingerprint density at radius 2 is 1.62 bits per heavy atom. The van der Waals surface area contributed by atoms with E-state index in [4.69, 9.17) is 4.74 Å². The fourth-order valence-electron chi connectivity index (χ4n) is 9.35. The molecule has 258 valence electrons. The van der Waals surface area contributed by atoms with Gasteiger partial charge in [-0.15, -0.1) is 0 Å². The first-order chi connectivity index (χ1) is 23.9. The number of fused-ring (bicyclic) bond motifs is 7. The number of carbonyl (C=O) groups excluding carboxylic acids is 3. The fraction of sp³-hybridized carbons (Fsp3) is 0.385. The first-order valence-corrected chi connectivity index (χ1v) is 17.4. The molecule has 11 nitrogen and oxygen atoms in total. The van der Waals surface area contributed by atoms with Gasteiger partial charge in [-0.3, -0.25) is 14.4 Å². The van der Waals surface area contributed by atoms with Crippen molar-refractivity contribution in [3.63, 3.8) is 0 Å². The van der Waals surface area contributed by atoms with Gasteiger partial charge >= 0.3 is 5.97 Å². The number of carboxylic acid groups (broad SMARTS) is 1. The monoisotopic (exact) mass is 678 g/mol. The highest BCUT2D eigenvalue weighted by molar-refractivity contribution is 6.22. The number of hydrogen-bond acceptors (Lipinski definition) is 6. The number of benzene rings is 3. The van der Waals surface area contributed by atoms with E-state index in [1.807, 2.05) is 49.4 Å². The van der Waals surface area contributed by atoms with Gasteiger partial charge < -0.3 is 34.1 Å². The molecule has 5 aliphatic heterocycles. The van der Waals surface area contributed by atoms with Crippen molar-refractivity contribution in [2.75, 3.05) is 58.2 Å². The molecule has 3 aromatic rings. The number of carboxylic acids is 1. The number of aliphatic hydroxyl groups is 1. The number of ether oxygens (including phenoxy) is 1. The summed E-state index contributed by atoms with van der Waals surface area (Å²) < 4.78 is 7.02. The van der Waals surface area contributed by atoms with Crippen LogP contribution in [0.5, 0.6) is 5.75 Å². The molecule has 5 heterocycles. The molecule has 2 bridgehead atoms. The number of rotatable bonds is 9. The molecule has 50 heavy (non-hydrogen) atoms. The third-order valence-corrected chi connectivity index (χ3v) is 12.1. The number of carbonyl (C=O) groups is 4.